The van der Waals surface area contributed by atoms with Crippen LogP contribution in [0.4, 0.5) is 11.4 Å². The molecule has 0 radical (unpaired) electrons. The van der Waals surface area contributed by atoms with Gasteiger partial charge in [0.15, 0.2) is 0 Å². The molecule has 4 N–H and O–H groups in total. The average Bonchev–Trinajstić information content (AvgIpc) is 3.75. The molecule has 0 saturated heterocycles. The molecule has 5 aromatic rings. The van der Waals surface area contributed by atoms with E-state index in [-0.39, 0.29) is 36.7 Å². The summed E-state index contributed by atoms with van der Waals surface area (Å²) in [5.74, 6) is -0.202. The fourth-order valence-electron chi connectivity index (χ4n) is 7.21. The fourth-order valence-corrected chi connectivity index (χ4v) is 9.11. The van der Waals surface area contributed by atoms with E-state index in [0.29, 0.717) is 51.1 Å². The third-order valence-corrected chi connectivity index (χ3v) is 12.3. The molecule has 0 saturated carbocycles. The van der Waals surface area contributed by atoms with Crippen LogP contribution in [0.3, 0.4) is 0 Å². The first-order valence-corrected chi connectivity index (χ1v) is 21.2. The van der Waals surface area contributed by atoms with Gasteiger partial charge in [-0.05, 0) is 49.0 Å². The molecule has 7 rings (SSSR count). The third kappa shape index (κ3) is 7.98. The summed E-state index contributed by atoms with van der Waals surface area (Å²) in [6.45, 7) is 7.45. The number of hydrogen-bond donors (Lipinski definition) is 4. The molecule has 3 heterocycles. The van der Waals surface area contributed by atoms with Gasteiger partial charge >= 0.3 is 0 Å². The van der Waals surface area contributed by atoms with Crippen molar-refractivity contribution in [3.63, 3.8) is 0 Å². The number of aromatic nitrogens is 2. The molecule has 0 aliphatic carbocycles. The van der Waals surface area contributed by atoms with Crippen LogP contribution in [-0.2, 0) is 6.54 Å². The number of imide groups is 2. The number of benzene rings is 4. The van der Waals surface area contributed by atoms with E-state index in [1.54, 1.807) is 24.4 Å². The topological polar surface area (TPSA) is 134 Å². The largest absolute Gasteiger partial charge is 0.393 e. The molecule has 1 aromatic heterocycles. The second kappa shape index (κ2) is 17.8. The van der Waals surface area contributed by atoms with Crippen LogP contribution >= 0.6 is 21.6 Å². The number of aryl methyl sites for hydroxylation is 1. The van der Waals surface area contributed by atoms with Crippen LogP contribution in [0.2, 0.25) is 0 Å². The first-order valence-electron chi connectivity index (χ1n) is 18.7. The molecule has 4 aromatic carbocycles. The summed E-state index contributed by atoms with van der Waals surface area (Å²) < 4.78 is 2.08. The fraction of sp³-hybridized carbons (Fsp3) is 0.262. The number of nitrogens with zero attached hydrogens (tertiary/aromatic N) is 4. The van der Waals surface area contributed by atoms with Crippen LogP contribution in [0.15, 0.2) is 105 Å². The lowest BCUT2D eigenvalue weighted by Gasteiger charge is -2.28. The predicted molar refractivity (Wildman–Crippen MR) is 226 cm³/mol. The number of H-pyrrole nitrogens is 1. The van der Waals surface area contributed by atoms with Crippen molar-refractivity contribution in [3.05, 3.63) is 127 Å². The van der Waals surface area contributed by atoms with Crippen molar-refractivity contribution < 1.29 is 23.7 Å². The number of rotatable bonds is 20. The molecule has 14 heteroatoms. The van der Waals surface area contributed by atoms with Crippen molar-refractivity contribution in [3.8, 4) is 0 Å². The van der Waals surface area contributed by atoms with Gasteiger partial charge in [0.2, 0.25) is 6.33 Å². The van der Waals surface area contributed by atoms with E-state index in [2.05, 4.69) is 32.1 Å². The van der Waals surface area contributed by atoms with E-state index in [4.69, 9.17) is 0 Å². The normalized spacial score (nSPS) is 13.7. The van der Waals surface area contributed by atoms with Gasteiger partial charge < -0.3 is 20.9 Å². The smallest absolute Gasteiger partial charge is 0.261 e. The van der Waals surface area contributed by atoms with Crippen LogP contribution in [0.25, 0.3) is 21.5 Å². The molecule has 0 unspecified atom stereocenters. The van der Waals surface area contributed by atoms with Gasteiger partial charge in [-0.15, -0.1) is 0 Å². The quantitative estimate of drug-likeness (QED) is 0.0307. The van der Waals surface area contributed by atoms with Crippen molar-refractivity contribution in [1.29, 1.82) is 0 Å². The maximum absolute atomic E-state index is 13.6. The molecule has 12 nitrogen and oxygen atoms in total. The summed E-state index contributed by atoms with van der Waals surface area (Å²) in [6.07, 6.45) is 13.1. The van der Waals surface area contributed by atoms with Gasteiger partial charge in [-0.2, -0.15) is 0 Å². The van der Waals surface area contributed by atoms with Gasteiger partial charge in [0.05, 0.1) is 6.54 Å². The Morgan fingerprint density at radius 2 is 1.29 bits per heavy atom. The summed E-state index contributed by atoms with van der Waals surface area (Å²) in [6, 6.07) is 18.6. The van der Waals surface area contributed by atoms with Gasteiger partial charge in [-0.1, -0.05) is 52.4 Å². The zero-order chi connectivity index (χ0) is 39.0. The Labute approximate surface area is 333 Å². The lowest BCUT2D eigenvalue weighted by Crippen LogP contribution is -2.42. The highest BCUT2D eigenvalue weighted by Gasteiger charge is 2.34. The molecule has 4 amide bonds. The zero-order valence-corrected chi connectivity index (χ0v) is 32.9. The van der Waals surface area contributed by atoms with Gasteiger partial charge in [-0.25, -0.2) is 4.57 Å². The maximum Gasteiger partial charge on any atom is 0.261 e. The predicted octanol–water partition coefficient (Wildman–Crippen LogP) is 6.32. The van der Waals surface area contributed by atoms with E-state index in [9.17, 15) is 19.2 Å². The zero-order valence-electron chi connectivity index (χ0n) is 31.3. The molecular weight excluding hydrogens is 745 g/mol. The Bertz CT molecular complexity index is 2270. The Balaban J connectivity index is 0.906. The standard InChI is InChI=1S/C42H44N8O4S2/c1-3-47(22-18-43-2)20-6-16-45-35-14-12-33-37-29(35)8-4-10-31(37)39(51)49(41(33)53)24-26-55-56-27-25-50-40(52)32-11-5-9-30-36(15-13-34(38(30)32)42(50)54)46-17-7-21-48-23-19-44-28-48/h3-5,8-15,18-19,22-23,28,43H,1,6-7,16-17,20-21,24-27H2,2H3,(H2,45,46,51,52,53,54)/p+1. The van der Waals surface area contributed by atoms with Crippen molar-refractivity contribution >= 4 is 78.1 Å². The minimum Gasteiger partial charge on any atom is -0.393 e. The maximum atomic E-state index is 13.6. The van der Waals surface area contributed by atoms with E-state index in [1.807, 2.05) is 85.5 Å². The van der Waals surface area contributed by atoms with Crippen molar-refractivity contribution in [2.75, 3.05) is 61.9 Å². The van der Waals surface area contributed by atoms with E-state index in [0.717, 1.165) is 54.6 Å². The Kier molecular flexibility index (Phi) is 12.3. The molecule has 0 atom stereocenters. The molecule has 0 spiro atoms. The first kappa shape index (κ1) is 38.5. The molecule has 2 aliphatic heterocycles. The number of hydrogen-bond acceptors (Lipinski definition) is 10. The number of imidazole rings is 1. The molecule has 2 aliphatic rings. The summed E-state index contributed by atoms with van der Waals surface area (Å²) in [5.41, 5.74) is 3.85. The lowest BCUT2D eigenvalue weighted by atomic mass is 9.93. The Morgan fingerprint density at radius 3 is 1.79 bits per heavy atom. The van der Waals surface area contributed by atoms with Crippen LogP contribution in [-0.4, -0.2) is 94.6 Å². The molecule has 0 bridgehead atoms. The highest BCUT2D eigenvalue weighted by Crippen LogP contribution is 2.36. The van der Waals surface area contributed by atoms with Crippen LogP contribution in [0, 0.1) is 0 Å². The van der Waals surface area contributed by atoms with Crippen LogP contribution in [0.1, 0.15) is 54.3 Å². The number of anilines is 2. The highest BCUT2D eigenvalue weighted by atomic mass is 33.1. The summed E-state index contributed by atoms with van der Waals surface area (Å²) in [7, 11) is 4.87. The minimum atomic E-state index is -0.305. The highest BCUT2D eigenvalue weighted by molar-refractivity contribution is 8.76. The van der Waals surface area contributed by atoms with Crippen LogP contribution in [0.5, 0.6) is 0 Å². The van der Waals surface area contributed by atoms with E-state index >= 15 is 0 Å². The SMILES string of the molecule is C=CN(C=CNC)CCCNc1ccc2c3c(cccc13)C(=O)N(CCSSCCN1C(=O)c3cccc4c(NCCC[n+]5cc[nH]c5)ccc(c34)C1=O)C2=O. The molecule has 56 heavy (non-hydrogen) atoms. The third-order valence-electron chi connectivity index (χ3n) is 9.95. The Morgan fingerprint density at radius 1 is 0.750 bits per heavy atom. The number of amides is 4. The van der Waals surface area contributed by atoms with Gasteiger partial charge in [-0.3, -0.25) is 34.0 Å². The molecule has 0 fully saturated rings. The average molecular weight is 790 g/mol. The summed E-state index contributed by atoms with van der Waals surface area (Å²) in [4.78, 5) is 62.2. The number of nitrogens with one attached hydrogen (secondary N) is 4. The second-order valence-electron chi connectivity index (χ2n) is 13.4. The first-order chi connectivity index (χ1) is 27.4. The van der Waals surface area contributed by atoms with Crippen molar-refractivity contribution in [1.82, 2.24) is 25.0 Å². The minimum absolute atomic E-state index is 0.241. The van der Waals surface area contributed by atoms with Gasteiger partial charge in [0.25, 0.3) is 23.6 Å². The van der Waals surface area contributed by atoms with E-state index < -0.39 is 0 Å². The van der Waals surface area contributed by atoms with Gasteiger partial charge in [0.1, 0.15) is 12.4 Å². The summed E-state index contributed by atoms with van der Waals surface area (Å²) in [5, 5.41) is 13.0. The number of carbonyl (C=O) groups is 4. The summed E-state index contributed by atoms with van der Waals surface area (Å²) >= 11 is 0. The number of aromatic amines is 1. The van der Waals surface area contributed by atoms with Gasteiger partial charge in [0, 0.05) is 125 Å². The monoisotopic (exact) mass is 789 g/mol. The van der Waals surface area contributed by atoms with Crippen molar-refractivity contribution in [2.45, 2.75) is 19.4 Å². The Hall–Kier alpha value is -5.73. The molecular formula is C42H45N8O4S2+. The second-order valence-corrected chi connectivity index (χ2v) is 16.1. The van der Waals surface area contributed by atoms with Crippen molar-refractivity contribution in [2.24, 2.45) is 0 Å². The van der Waals surface area contributed by atoms with Crippen LogP contribution < -0.4 is 20.5 Å². The number of carbonyl (C=O) groups excluding carboxylic acids is 4. The lowest BCUT2D eigenvalue weighted by molar-refractivity contribution is -0.695. The molecule has 288 valence electrons. The van der Waals surface area contributed by atoms with E-state index in [1.165, 1.54) is 31.4 Å².